The highest BCUT2D eigenvalue weighted by molar-refractivity contribution is 5.79. The second kappa shape index (κ2) is 12.9. The molecule has 2 atom stereocenters. The van der Waals surface area contributed by atoms with Crippen LogP contribution in [0.4, 0.5) is 0 Å². The van der Waals surface area contributed by atoms with Gasteiger partial charge in [-0.05, 0) is 49.4 Å². The van der Waals surface area contributed by atoms with Gasteiger partial charge in [0.2, 0.25) is 5.91 Å². The Bertz CT molecular complexity index is 986. The minimum absolute atomic E-state index is 0.0111. The molecule has 1 aliphatic heterocycles. The van der Waals surface area contributed by atoms with E-state index in [2.05, 4.69) is 0 Å². The molecule has 2 aromatic rings. The number of hydrogen-bond acceptors (Lipinski definition) is 4. The molecule has 0 aromatic heterocycles. The van der Waals surface area contributed by atoms with Crippen LogP contribution in [-0.4, -0.2) is 46.2 Å². The number of ether oxygens (including phenoxy) is 1. The van der Waals surface area contributed by atoms with Crippen molar-refractivity contribution in [3.05, 3.63) is 66.2 Å². The maximum absolute atomic E-state index is 12.3. The Balaban J connectivity index is 1.60. The maximum atomic E-state index is 12.3. The number of amides is 1. The van der Waals surface area contributed by atoms with Crippen LogP contribution < -0.4 is 4.74 Å². The van der Waals surface area contributed by atoms with E-state index in [1.165, 1.54) is 0 Å². The first-order valence-electron chi connectivity index (χ1n) is 12.2. The number of carboxylic acid groups (broad SMARTS) is 1. The van der Waals surface area contributed by atoms with Gasteiger partial charge in [-0.25, -0.2) is 0 Å². The van der Waals surface area contributed by atoms with E-state index < -0.39 is 12.1 Å². The number of rotatable bonds is 13. The second-order valence-corrected chi connectivity index (χ2v) is 8.64. The standard InChI is InChI=1S/C28H35NO5/c1-2-34-26-13-7-6-12-24(26)21-10-9-11-22(20-21)25(30)17-15-23-16-18-27(31)29(23)19-8-4-3-5-14-28(32)33/h6-7,9-13,15,17,20,23,25,30H,2-5,8,14,16,18-19H2,1H3,(H,32,33). The number of nitrogens with zero attached hydrogens (tertiary/aromatic N) is 1. The van der Waals surface area contributed by atoms with Crippen LogP contribution in [0, 0.1) is 0 Å². The normalized spacial score (nSPS) is 16.8. The van der Waals surface area contributed by atoms with Crippen molar-refractivity contribution >= 4 is 11.9 Å². The molecular weight excluding hydrogens is 430 g/mol. The van der Waals surface area contributed by atoms with Gasteiger partial charge in [0.15, 0.2) is 0 Å². The fraction of sp³-hybridized carbons (Fsp3) is 0.429. The Kier molecular flexibility index (Phi) is 9.71. The molecule has 3 rings (SSSR count). The summed E-state index contributed by atoms with van der Waals surface area (Å²) in [4.78, 5) is 24.8. The summed E-state index contributed by atoms with van der Waals surface area (Å²) >= 11 is 0. The summed E-state index contributed by atoms with van der Waals surface area (Å²) in [6.45, 7) is 3.21. The Hall–Kier alpha value is -3.12. The van der Waals surface area contributed by atoms with Gasteiger partial charge in [0.05, 0.1) is 18.8 Å². The van der Waals surface area contributed by atoms with Crippen molar-refractivity contribution in [3.63, 3.8) is 0 Å². The molecule has 0 saturated carbocycles. The molecular formula is C28H35NO5. The number of hydrogen-bond donors (Lipinski definition) is 2. The van der Waals surface area contributed by atoms with Gasteiger partial charge >= 0.3 is 5.97 Å². The van der Waals surface area contributed by atoms with E-state index >= 15 is 0 Å². The van der Waals surface area contributed by atoms with Crippen molar-refractivity contribution in [2.75, 3.05) is 13.2 Å². The number of benzene rings is 2. The molecule has 0 spiro atoms. The van der Waals surface area contributed by atoms with Crippen LogP contribution in [0.2, 0.25) is 0 Å². The highest BCUT2D eigenvalue weighted by Gasteiger charge is 2.28. The monoisotopic (exact) mass is 465 g/mol. The number of aliphatic hydroxyl groups is 1. The third-order valence-corrected chi connectivity index (χ3v) is 6.16. The fourth-order valence-corrected chi connectivity index (χ4v) is 4.38. The van der Waals surface area contributed by atoms with E-state index in [0.29, 0.717) is 26.0 Å². The van der Waals surface area contributed by atoms with Gasteiger partial charge < -0.3 is 19.8 Å². The topological polar surface area (TPSA) is 87.1 Å². The molecule has 2 N–H and O–H groups in total. The summed E-state index contributed by atoms with van der Waals surface area (Å²) in [5, 5.41) is 19.5. The third kappa shape index (κ3) is 7.19. The lowest BCUT2D eigenvalue weighted by Crippen LogP contribution is -2.32. The molecule has 34 heavy (non-hydrogen) atoms. The molecule has 6 nitrogen and oxygen atoms in total. The summed E-state index contributed by atoms with van der Waals surface area (Å²) in [6, 6.07) is 15.7. The highest BCUT2D eigenvalue weighted by atomic mass is 16.5. The SMILES string of the molecule is CCOc1ccccc1-c1cccc(C(O)C=CC2CCC(=O)N2CCCCCCC(=O)O)c1. The van der Waals surface area contributed by atoms with Gasteiger partial charge in [0.1, 0.15) is 5.75 Å². The van der Waals surface area contributed by atoms with Crippen LogP contribution in [0.1, 0.15) is 63.5 Å². The summed E-state index contributed by atoms with van der Waals surface area (Å²) in [5.41, 5.74) is 2.75. The Morgan fingerprint density at radius 2 is 1.94 bits per heavy atom. The molecule has 1 amide bonds. The minimum Gasteiger partial charge on any atom is -0.493 e. The summed E-state index contributed by atoms with van der Waals surface area (Å²) < 4.78 is 5.75. The Morgan fingerprint density at radius 1 is 1.15 bits per heavy atom. The smallest absolute Gasteiger partial charge is 0.303 e. The first kappa shape index (κ1) is 25.5. The Labute approximate surface area is 201 Å². The van der Waals surface area contributed by atoms with Crippen molar-refractivity contribution in [3.8, 4) is 16.9 Å². The lowest BCUT2D eigenvalue weighted by Gasteiger charge is -2.22. The number of aliphatic carboxylic acids is 1. The molecule has 1 fully saturated rings. The lowest BCUT2D eigenvalue weighted by atomic mass is 9.99. The van der Waals surface area contributed by atoms with Crippen LogP contribution in [-0.2, 0) is 9.59 Å². The first-order valence-corrected chi connectivity index (χ1v) is 12.2. The van der Waals surface area contributed by atoms with Crippen molar-refractivity contribution in [1.29, 1.82) is 0 Å². The third-order valence-electron chi connectivity index (χ3n) is 6.16. The van der Waals surface area contributed by atoms with Crippen molar-refractivity contribution in [1.82, 2.24) is 4.90 Å². The number of carbonyl (C=O) groups is 2. The zero-order chi connectivity index (χ0) is 24.3. The predicted molar refractivity (Wildman–Crippen MR) is 133 cm³/mol. The maximum Gasteiger partial charge on any atom is 0.303 e. The molecule has 0 radical (unpaired) electrons. The highest BCUT2D eigenvalue weighted by Crippen LogP contribution is 2.32. The zero-order valence-electron chi connectivity index (χ0n) is 19.9. The quantitative estimate of drug-likeness (QED) is 0.307. The van der Waals surface area contributed by atoms with E-state index in [1.807, 2.05) is 66.4 Å². The van der Waals surface area contributed by atoms with E-state index in [-0.39, 0.29) is 18.4 Å². The van der Waals surface area contributed by atoms with Gasteiger partial charge in [-0.1, -0.05) is 61.4 Å². The van der Waals surface area contributed by atoms with E-state index in [1.54, 1.807) is 6.08 Å². The molecule has 2 aromatic carbocycles. The van der Waals surface area contributed by atoms with Crippen molar-refractivity contribution < 1.29 is 24.5 Å². The van der Waals surface area contributed by atoms with Crippen molar-refractivity contribution in [2.45, 2.75) is 64.0 Å². The molecule has 1 saturated heterocycles. The molecule has 182 valence electrons. The number of unbranched alkanes of at least 4 members (excludes halogenated alkanes) is 3. The molecule has 1 aliphatic rings. The van der Waals surface area contributed by atoms with Gasteiger partial charge in [-0.3, -0.25) is 9.59 Å². The van der Waals surface area contributed by atoms with Crippen LogP contribution in [0.5, 0.6) is 5.75 Å². The summed E-state index contributed by atoms with van der Waals surface area (Å²) in [7, 11) is 0. The van der Waals surface area contributed by atoms with E-state index in [4.69, 9.17) is 9.84 Å². The van der Waals surface area contributed by atoms with Crippen LogP contribution in [0.3, 0.4) is 0 Å². The fourth-order valence-electron chi connectivity index (χ4n) is 4.38. The summed E-state index contributed by atoms with van der Waals surface area (Å²) in [6.07, 6.45) is 7.72. The first-order chi connectivity index (χ1) is 16.5. The van der Waals surface area contributed by atoms with Crippen LogP contribution in [0.25, 0.3) is 11.1 Å². The molecule has 6 heteroatoms. The second-order valence-electron chi connectivity index (χ2n) is 8.64. The molecule has 0 aliphatic carbocycles. The van der Waals surface area contributed by atoms with Crippen LogP contribution in [0.15, 0.2) is 60.7 Å². The largest absolute Gasteiger partial charge is 0.493 e. The lowest BCUT2D eigenvalue weighted by molar-refractivity contribution is -0.137. The number of carboxylic acids is 1. The molecule has 2 unspecified atom stereocenters. The summed E-state index contributed by atoms with van der Waals surface area (Å²) in [5.74, 6) is 0.196. The average molecular weight is 466 g/mol. The predicted octanol–water partition coefficient (Wildman–Crippen LogP) is 5.37. The number of carbonyl (C=O) groups excluding carboxylic acids is 1. The number of likely N-dealkylation sites (tertiary alicyclic amines) is 1. The van der Waals surface area contributed by atoms with Gasteiger partial charge in [0.25, 0.3) is 0 Å². The average Bonchev–Trinajstić information content (AvgIpc) is 3.19. The van der Waals surface area contributed by atoms with Crippen molar-refractivity contribution in [2.24, 2.45) is 0 Å². The number of aliphatic hydroxyl groups excluding tert-OH is 1. The van der Waals surface area contributed by atoms with E-state index in [0.717, 1.165) is 48.1 Å². The van der Waals surface area contributed by atoms with E-state index in [9.17, 15) is 14.7 Å². The van der Waals surface area contributed by atoms with Crippen LogP contribution >= 0.6 is 0 Å². The zero-order valence-corrected chi connectivity index (χ0v) is 19.9. The molecule has 0 bridgehead atoms. The van der Waals surface area contributed by atoms with Gasteiger partial charge in [-0.15, -0.1) is 0 Å². The minimum atomic E-state index is -0.771. The van der Waals surface area contributed by atoms with Gasteiger partial charge in [-0.2, -0.15) is 0 Å². The number of para-hydroxylation sites is 1. The van der Waals surface area contributed by atoms with Gasteiger partial charge in [0, 0.05) is 24.9 Å². The molecule has 1 heterocycles. The Morgan fingerprint density at radius 3 is 2.74 bits per heavy atom.